The van der Waals surface area contributed by atoms with E-state index in [1.54, 1.807) is 57.2 Å². The van der Waals surface area contributed by atoms with Crippen LogP contribution in [0.2, 0.25) is 0 Å². The average molecular weight is 580 g/mol. The Hall–Kier alpha value is -4.77. The molecule has 224 valence electrons. The van der Waals surface area contributed by atoms with E-state index >= 15 is 0 Å². The first-order valence-electron chi connectivity index (χ1n) is 13.3. The summed E-state index contributed by atoms with van der Waals surface area (Å²) in [6, 6.07) is 16.1. The molecule has 0 aromatic heterocycles. The van der Waals surface area contributed by atoms with Crippen molar-refractivity contribution in [3.05, 3.63) is 83.9 Å². The van der Waals surface area contributed by atoms with Crippen LogP contribution in [0.1, 0.15) is 37.9 Å². The summed E-state index contributed by atoms with van der Waals surface area (Å²) in [6.07, 6.45) is -0.838. The first-order chi connectivity index (χ1) is 19.9. The van der Waals surface area contributed by atoms with Crippen LogP contribution in [0, 0.1) is 0 Å². The topological polar surface area (TPSA) is 158 Å². The van der Waals surface area contributed by atoms with E-state index in [1.165, 1.54) is 48.4 Å². The number of amides is 3. The number of methoxy groups -OCH3 is 1. The van der Waals surface area contributed by atoms with Gasteiger partial charge in [-0.25, -0.2) is 4.79 Å². The van der Waals surface area contributed by atoms with Crippen molar-refractivity contribution in [2.45, 2.75) is 44.9 Å². The van der Waals surface area contributed by atoms with Gasteiger partial charge in [0.05, 0.1) is 13.7 Å². The first-order valence-corrected chi connectivity index (χ1v) is 13.3. The zero-order chi connectivity index (χ0) is 30.9. The van der Waals surface area contributed by atoms with Crippen molar-refractivity contribution >= 4 is 23.6 Å². The molecule has 2 unspecified atom stereocenters. The van der Waals surface area contributed by atoms with Crippen molar-refractivity contribution in [1.29, 1.82) is 0 Å². The summed E-state index contributed by atoms with van der Waals surface area (Å²) < 4.78 is 10.6. The predicted molar refractivity (Wildman–Crippen MR) is 156 cm³/mol. The fourth-order valence-corrected chi connectivity index (χ4v) is 4.21. The minimum Gasteiger partial charge on any atom is -0.508 e. The number of phenolic OH excluding ortho intramolecular Hbond substituents is 2. The standard InChI is InChI=1S/C31H37N3O8/c1-31(2,3)42-30(40)33-26(19-20-5-11-23(36)12-6-20)29(39)34(17-18-35)27(21-7-13-24(37)14-8-21)28(38)32-22-9-15-25(41-4)16-10-22/h5-16,26-27,35-37H,17-19H2,1-4H3,(H,32,38)(H,33,40). The maximum absolute atomic E-state index is 14.2. The van der Waals surface area contributed by atoms with Crippen LogP contribution in [0.25, 0.3) is 0 Å². The molecule has 3 aromatic carbocycles. The summed E-state index contributed by atoms with van der Waals surface area (Å²) in [5.41, 5.74) is 0.582. The number of rotatable bonds is 11. The molecule has 0 spiro atoms. The number of nitrogens with zero attached hydrogens (tertiary/aromatic N) is 1. The summed E-state index contributed by atoms with van der Waals surface area (Å²) >= 11 is 0. The quantitative estimate of drug-likeness (QED) is 0.230. The first kappa shape index (κ1) is 31.8. The molecule has 0 fully saturated rings. The maximum Gasteiger partial charge on any atom is 0.408 e. The third kappa shape index (κ3) is 9.13. The molecule has 11 nitrogen and oxygen atoms in total. The Balaban J connectivity index is 2.01. The van der Waals surface area contributed by atoms with Gasteiger partial charge >= 0.3 is 6.09 Å². The number of carbonyl (C=O) groups is 3. The smallest absolute Gasteiger partial charge is 0.408 e. The van der Waals surface area contributed by atoms with Gasteiger partial charge in [-0.2, -0.15) is 0 Å². The number of aromatic hydroxyl groups is 2. The van der Waals surface area contributed by atoms with Crippen LogP contribution in [0.3, 0.4) is 0 Å². The van der Waals surface area contributed by atoms with E-state index in [0.29, 0.717) is 22.6 Å². The van der Waals surface area contributed by atoms with E-state index in [-0.39, 0.29) is 24.5 Å². The second-order valence-corrected chi connectivity index (χ2v) is 10.5. The van der Waals surface area contributed by atoms with Crippen LogP contribution >= 0.6 is 0 Å². The number of phenols is 2. The number of anilines is 1. The largest absolute Gasteiger partial charge is 0.508 e. The lowest BCUT2D eigenvalue weighted by atomic mass is 10.00. The molecule has 3 rings (SSSR count). The summed E-state index contributed by atoms with van der Waals surface area (Å²) in [4.78, 5) is 41.9. The van der Waals surface area contributed by atoms with Crippen molar-refractivity contribution in [2.75, 3.05) is 25.6 Å². The van der Waals surface area contributed by atoms with Crippen LogP contribution in [0.15, 0.2) is 72.8 Å². The lowest BCUT2D eigenvalue weighted by molar-refractivity contribution is -0.141. The third-order valence-corrected chi connectivity index (χ3v) is 6.12. The number of benzene rings is 3. The van der Waals surface area contributed by atoms with E-state index in [0.717, 1.165) is 0 Å². The number of carbonyl (C=O) groups excluding carboxylic acids is 3. The van der Waals surface area contributed by atoms with E-state index in [1.807, 2.05) is 0 Å². The van der Waals surface area contributed by atoms with E-state index in [9.17, 15) is 29.7 Å². The minimum absolute atomic E-state index is 0.00266. The molecule has 0 aliphatic carbocycles. The van der Waals surface area contributed by atoms with Gasteiger partial charge < -0.3 is 40.3 Å². The fourth-order valence-electron chi connectivity index (χ4n) is 4.21. The number of nitrogens with one attached hydrogen (secondary N) is 2. The Morgan fingerprint density at radius 3 is 1.98 bits per heavy atom. The lowest BCUT2D eigenvalue weighted by Crippen LogP contribution is -2.53. The van der Waals surface area contributed by atoms with Gasteiger partial charge in [0, 0.05) is 18.7 Å². The van der Waals surface area contributed by atoms with E-state index in [2.05, 4.69) is 10.6 Å². The Morgan fingerprint density at radius 1 is 0.881 bits per heavy atom. The second-order valence-electron chi connectivity index (χ2n) is 10.5. The molecule has 0 radical (unpaired) electrons. The van der Waals surface area contributed by atoms with Crippen LogP contribution in [-0.4, -0.2) is 70.0 Å². The number of hydrogen-bond acceptors (Lipinski definition) is 8. The molecule has 0 saturated heterocycles. The van der Waals surface area contributed by atoms with Crippen molar-refractivity contribution in [2.24, 2.45) is 0 Å². The van der Waals surface area contributed by atoms with Gasteiger partial charge in [-0.05, 0) is 80.4 Å². The summed E-state index contributed by atoms with van der Waals surface area (Å²) in [7, 11) is 1.52. The van der Waals surface area contributed by atoms with Crippen LogP contribution in [-0.2, 0) is 20.7 Å². The van der Waals surface area contributed by atoms with Crippen LogP contribution in [0.4, 0.5) is 10.5 Å². The number of alkyl carbamates (subject to hydrolysis) is 1. The zero-order valence-electron chi connectivity index (χ0n) is 24.0. The van der Waals surface area contributed by atoms with Crippen molar-refractivity contribution in [3.8, 4) is 17.2 Å². The second kappa shape index (κ2) is 14.2. The molecular weight excluding hydrogens is 542 g/mol. The van der Waals surface area contributed by atoms with Crippen molar-refractivity contribution < 1.29 is 39.2 Å². The molecule has 2 atom stereocenters. The minimum atomic E-state index is -1.25. The van der Waals surface area contributed by atoms with Gasteiger partial charge in [0.15, 0.2) is 0 Å². The molecule has 0 bridgehead atoms. The fraction of sp³-hybridized carbons (Fsp3) is 0.323. The summed E-state index contributed by atoms with van der Waals surface area (Å²) in [5, 5.41) is 34.9. The Morgan fingerprint density at radius 2 is 1.45 bits per heavy atom. The molecule has 3 amide bonds. The van der Waals surface area contributed by atoms with Gasteiger partial charge in [0.2, 0.25) is 5.91 Å². The monoisotopic (exact) mass is 579 g/mol. The Bertz CT molecular complexity index is 1340. The normalized spacial score (nSPS) is 12.5. The van der Waals surface area contributed by atoms with E-state index < -0.39 is 42.2 Å². The third-order valence-electron chi connectivity index (χ3n) is 6.12. The Labute approximate surface area is 244 Å². The highest BCUT2D eigenvalue weighted by Crippen LogP contribution is 2.27. The highest BCUT2D eigenvalue weighted by molar-refractivity contribution is 5.99. The van der Waals surface area contributed by atoms with Gasteiger partial charge in [0.25, 0.3) is 5.91 Å². The average Bonchev–Trinajstić information content (AvgIpc) is 2.93. The molecule has 0 aliphatic rings. The van der Waals surface area contributed by atoms with E-state index in [4.69, 9.17) is 9.47 Å². The van der Waals surface area contributed by atoms with Crippen LogP contribution < -0.4 is 15.4 Å². The van der Waals surface area contributed by atoms with Crippen molar-refractivity contribution in [3.63, 3.8) is 0 Å². The molecule has 5 N–H and O–H groups in total. The SMILES string of the molecule is COc1ccc(NC(=O)C(c2ccc(O)cc2)N(CCO)C(=O)C(Cc2ccc(O)cc2)NC(=O)OC(C)(C)C)cc1. The Kier molecular flexibility index (Phi) is 10.8. The zero-order valence-corrected chi connectivity index (χ0v) is 24.0. The number of aliphatic hydroxyl groups is 1. The van der Waals surface area contributed by atoms with Crippen LogP contribution in [0.5, 0.6) is 17.2 Å². The van der Waals surface area contributed by atoms with Gasteiger partial charge in [-0.1, -0.05) is 24.3 Å². The van der Waals surface area contributed by atoms with Gasteiger partial charge in [-0.15, -0.1) is 0 Å². The van der Waals surface area contributed by atoms with Gasteiger partial charge in [0.1, 0.15) is 34.9 Å². The number of ether oxygens (including phenoxy) is 2. The molecular formula is C31H37N3O8. The highest BCUT2D eigenvalue weighted by atomic mass is 16.6. The molecule has 0 saturated carbocycles. The maximum atomic E-state index is 14.2. The highest BCUT2D eigenvalue weighted by Gasteiger charge is 2.36. The summed E-state index contributed by atoms with van der Waals surface area (Å²) in [5.74, 6) is -0.666. The molecule has 11 heteroatoms. The number of aliphatic hydroxyl groups excluding tert-OH is 1. The molecule has 42 heavy (non-hydrogen) atoms. The number of hydrogen-bond donors (Lipinski definition) is 5. The van der Waals surface area contributed by atoms with Gasteiger partial charge in [-0.3, -0.25) is 9.59 Å². The predicted octanol–water partition coefficient (Wildman–Crippen LogP) is 3.74. The van der Waals surface area contributed by atoms with Crippen molar-refractivity contribution in [1.82, 2.24) is 10.2 Å². The molecule has 3 aromatic rings. The lowest BCUT2D eigenvalue weighted by Gasteiger charge is -2.34. The molecule has 0 heterocycles. The summed E-state index contributed by atoms with van der Waals surface area (Å²) in [6.45, 7) is 4.33. The molecule has 0 aliphatic heterocycles.